The molecule has 0 aliphatic heterocycles. The van der Waals surface area contributed by atoms with Crippen LogP contribution >= 0.6 is 0 Å². The third-order valence-corrected chi connectivity index (χ3v) is 3.15. The Balaban J connectivity index is 1.74. The van der Waals surface area contributed by atoms with Crippen molar-refractivity contribution in [2.45, 2.75) is 12.8 Å². The summed E-state index contributed by atoms with van der Waals surface area (Å²) in [5, 5.41) is 2.94. The van der Waals surface area contributed by atoms with Gasteiger partial charge in [-0.2, -0.15) is 0 Å². The van der Waals surface area contributed by atoms with Gasteiger partial charge >= 0.3 is 0 Å². The quantitative estimate of drug-likeness (QED) is 0.873. The molecule has 2 rings (SSSR count). The normalized spacial score (nSPS) is 10.3. The van der Waals surface area contributed by atoms with Crippen LogP contribution < -0.4 is 10.1 Å². The van der Waals surface area contributed by atoms with Crippen LogP contribution in [0.2, 0.25) is 0 Å². The van der Waals surface area contributed by atoms with Crippen LogP contribution in [0.5, 0.6) is 5.75 Å². The Morgan fingerprint density at radius 3 is 2.55 bits per heavy atom. The maximum atomic E-state index is 11.8. The second kappa shape index (κ2) is 6.80. The molecule has 4 nitrogen and oxygen atoms in total. The van der Waals surface area contributed by atoms with E-state index in [0.717, 1.165) is 17.7 Å². The molecule has 0 unspecified atom stereocenters. The van der Waals surface area contributed by atoms with Gasteiger partial charge in [0.05, 0.1) is 13.5 Å². The first kappa shape index (κ1) is 14.2. The molecule has 0 aliphatic rings. The van der Waals surface area contributed by atoms with Crippen molar-refractivity contribution < 1.29 is 9.53 Å². The summed E-state index contributed by atoms with van der Waals surface area (Å²) in [6.45, 7) is 0.666. The van der Waals surface area contributed by atoms with Gasteiger partial charge in [0.25, 0.3) is 0 Å². The van der Waals surface area contributed by atoms with Crippen molar-refractivity contribution >= 4 is 5.91 Å². The van der Waals surface area contributed by atoms with Crippen LogP contribution in [0, 0.1) is 0 Å². The van der Waals surface area contributed by atoms with E-state index in [1.807, 2.05) is 42.1 Å². The number of aromatic nitrogens is 1. The summed E-state index contributed by atoms with van der Waals surface area (Å²) in [5.41, 5.74) is 2.22. The number of nitrogens with one attached hydrogen (secondary N) is 1. The largest absolute Gasteiger partial charge is 0.497 e. The molecule has 1 aromatic heterocycles. The molecule has 0 aliphatic carbocycles. The smallest absolute Gasteiger partial charge is 0.224 e. The maximum absolute atomic E-state index is 11.8. The zero-order valence-electron chi connectivity index (χ0n) is 11.9. The van der Waals surface area contributed by atoms with E-state index in [1.54, 1.807) is 7.11 Å². The molecular formula is C16H20N2O2. The van der Waals surface area contributed by atoms with E-state index in [1.165, 1.54) is 5.56 Å². The Morgan fingerprint density at radius 2 is 1.95 bits per heavy atom. The predicted molar refractivity (Wildman–Crippen MR) is 78.8 cm³/mol. The van der Waals surface area contributed by atoms with Gasteiger partial charge in [-0.3, -0.25) is 4.79 Å². The van der Waals surface area contributed by atoms with Crippen LogP contribution in [0.4, 0.5) is 0 Å². The first-order valence-electron chi connectivity index (χ1n) is 6.68. The number of amides is 1. The third-order valence-electron chi connectivity index (χ3n) is 3.15. The van der Waals surface area contributed by atoms with Gasteiger partial charge in [-0.25, -0.2) is 0 Å². The molecule has 0 radical (unpaired) electrons. The zero-order chi connectivity index (χ0) is 14.4. The van der Waals surface area contributed by atoms with Gasteiger partial charge < -0.3 is 14.6 Å². The van der Waals surface area contributed by atoms with E-state index in [-0.39, 0.29) is 5.91 Å². The van der Waals surface area contributed by atoms with Crippen molar-refractivity contribution in [3.63, 3.8) is 0 Å². The Kier molecular flexibility index (Phi) is 4.82. The number of aryl methyl sites for hydroxylation is 1. The Morgan fingerprint density at radius 1 is 1.20 bits per heavy atom. The minimum atomic E-state index is 0.0473. The summed E-state index contributed by atoms with van der Waals surface area (Å²) in [5.74, 6) is 0.851. The standard InChI is InChI=1S/C16H20N2O2/c1-18-10-8-14(12-18)7-9-17-16(19)11-13-3-5-15(20-2)6-4-13/h3-6,8,10,12H,7,9,11H2,1-2H3,(H,17,19). The lowest BCUT2D eigenvalue weighted by atomic mass is 10.1. The number of carbonyl (C=O) groups is 1. The topological polar surface area (TPSA) is 43.3 Å². The summed E-state index contributed by atoms with van der Waals surface area (Å²) in [7, 11) is 3.62. The fourth-order valence-corrected chi connectivity index (χ4v) is 2.05. The summed E-state index contributed by atoms with van der Waals surface area (Å²) >= 11 is 0. The van der Waals surface area contributed by atoms with Crippen molar-refractivity contribution in [1.82, 2.24) is 9.88 Å². The van der Waals surface area contributed by atoms with Crippen LogP contribution in [0.25, 0.3) is 0 Å². The maximum Gasteiger partial charge on any atom is 0.224 e. The van der Waals surface area contributed by atoms with Crippen LogP contribution in [-0.4, -0.2) is 24.1 Å². The second-order valence-corrected chi connectivity index (χ2v) is 4.81. The minimum Gasteiger partial charge on any atom is -0.497 e. The molecule has 0 fully saturated rings. The van der Waals surface area contributed by atoms with Crippen molar-refractivity contribution in [1.29, 1.82) is 0 Å². The van der Waals surface area contributed by atoms with E-state index >= 15 is 0 Å². The average molecular weight is 272 g/mol. The van der Waals surface area contributed by atoms with Crippen molar-refractivity contribution in [3.8, 4) is 5.75 Å². The number of carbonyl (C=O) groups excluding carboxylic acids is 1. The van der Waals surface area contributed by atoms with Gasteiger partial charge in [0, 0.05) is 26.0 Å². The number of ether oxygens (including phenoxy) is 1. The summed E-state index contributed by atoms with van der Waals surface area (Å²) in [6, 6.07) is 9.63. The lowest BCUT2D eigenvalue weighted by Gasteiger charge is -2.05. The second-order valence-electron chi connectivity index (χ2n) is 4.81. The molecule has 1 amide bonds. The predicted octanol–water partition coefficient (Wildman–Crippen LogP) is 1.94. The summed E-state index contributed by atoms with van der Waals surface area (Å²) < 4.78 is 7.10. The van der Waals surface area contributed by atoms with E-state index in [0.29, 0.717) is 13.0 Å². The fraction of sp³-hybridized carbons (Fsp3) is 0.312. The first-order chi connectivity index (χ1) is 9.67. The SMILES string of the molecule is COc1ccc(CC(=O)NCCc2ccn(C)c2)cc1. The lowest BCUT2D eigenvalue weighted by Crippen LogP contribution is -2.27. The molecule has 1 N–H and O–H groups in total. The zero-order valence-corrected chi connectivity index (χ0v) is 11.9. The number of hydrogen-bond donors (Lipinski definition) is 1. The highest BCUT2D eigenvalue weighted by atomic mass is 16.5. The molecule has 1 heterocycles. The van der Waals surface area contributed by atoms with Gasteiger partial charge in [0.1, 0.15) is 5.75 Å². The van der Waals surface area contributed by atoms with Gasteiger partial charge in [0.15, 0.2) is 0 Å². The first-order valence-corrected chi connectivity index (χ1v) is 6.68. The molecule has 0 saturated heterocycles. The Bertz CT molecular complexity index is 558. The number of benzene rings is 1. The fourth-order valence-electron chi connectivity index (χ4n) is 2.05. The van der Waals surface area contributed by atoms with Crippen LogP contribution in [0.15, 0.2) is 42.7 Å². The summed E-state index contributed by atoms with van der Waals surface area (Å²) in [4.78, 5) is 11.8. The molecule has 4 heteroatoms. The third kappa shape index (κ3) is 4.16. The van der Waals surface area contributed by atoms with Gasteiger partial charge in [0.2, 0.25) is 5.91 Å². The highest BCUT2D eigenvalue weighted by Crippen LogP contribution is 2.11. The molecule has 106 valence electrons. The van der Waals surface area contributed by atoms with E-state index in [2.05, 4.69) is 17.6 Å². The average Bonchev–Trinajstić information content (AvgIpc) is 2.85. The molecule has 0 spiro atoms. The van der Waals surface area contributed by atoms with E-state index < -0.39 is 0 Å². The molecule has 0 bridgehead atoms. The van der Waals surface area contributed by atoms with E-state index in [4.69, 9.17) is 4.74 Å². The van der Waals surface area contributed by atoms with Gasteiger partial charge in [-0.1, -0.05) is 12.1 Å². The van der Waals surface area contributed by atoms with E-state index in [9.17, 15) is 4.79 Å². The Hall–Kier alpha value is -2.23. The molecule has 0 saturated carbocycles. The van der Waals surface area contributed by atoms with Gasteiger partial charge in [-0.05, 0) is 35.7 Å². The lowest BCUT2D eigenvalue weighted by molar-refractivity contribution is -0.120. The van der Waals surface area contributed by atoms with Crippen molar-refractivity contribution in [3.05, 3.63) is 53.9 Å². The molecule has 0 atom stereocenters. The monoisotopic (exact) mass is 272 g/mol. The van der Waals surface area contributed by atoms with Crippen molar-refractivity contribution in [2.75, 3.05) is 13.7 Å². The minimum absolute atomic E-state index is 0.0473. The van der Waals surface area contributed by atoms with Crippen LogP contribution in [0.1, 0.15) is 11.1 Å². The summed E-state index contributed by atoms with van der Waals surface area (Å²) in [6.07, 6.45) is 5.33. The van der Waals surface area contributed by atoms with Crippen LogP contribution in [0.3, 0.4) is 0 Å². The number of hydrogen-bond acceptors (Lipinski definition) is 2. The highest BCUT2D eigenvalue weighted by Gasteiger charge is 2.03. The Labute approximate surface area is 119 Å². The number of nitrogens with zero attached hydrogens (tertiary/aromatic N) is 1. The van der Waals surface area contributed by atoms with Crippen LogP contribution in [-0.2, 0) is 24.7 Å². The molecule has 20 heavy (non-hydrogen) atoms. The number of methoxy groups -OCH3 is 1. The molecule has 2 aromatic rings. The highest BCUT2D eigenvalue weighted by molar-refractivity contribution is 5.78. The van der Waals surface area contributed by atoms with Gasteiger partial charge in [-0.15, -0.1) is 0 Å². The molecular weight excluding hydrogens is 252 g/mol. The number of rotatable bonds is 6. The molecule has 1 aromatic carbocycles. The van der Waals surface area contributed by atoms with Crippen molar-refractivity contribution in [2.24, 2.45) is 7.05 Å².